The number of hydrogen-bond acceptors (Lipinski definition) is 4. The van der Waals surface area contributed by atoms with E-state index in [1.807, 2.05) is 25.1 Å². The number of thioether (sulfide) groups is 1. The average molecular weight is 289 g/mol. The minimum absolute atomic E-state index is 0.240. The first-order valence-corrected chi connectivity index (χ1v) is 6.89. The lowest BCUT2D eigenvalue weighted by molar-refractivity contribution is -0.122. The van der Waals surface area contributed by atoms with Crippen molar-refractivity contribution in [1.82, 2.24) is 4.90 Å². The molecular weight excluding hydrogens is 274 g/mol. The molecule has 1 aliphatic rings. The molecule has 1 aliphatic heterocycles. The van der Waals surface area contributed by atoms with Gasteiger partial charge in [-0.3, -0.25) is 14.5 Å². The van der Waals surface area contributed by atoms with E-state index >= 15 is 0 Å². The predicted molar refractivity (Wildman–Crippen MR) is 80.6 cm³/mol. The molecule has 1 heterocycles. The Hall–Kier alpha value is -2.01. The molecule has 5 heteroatoms. The molecule has 2 amide bonds. The van der Waals surface area contributed by atoms with Crippen molar-refractivity contribution in [2.24, 2.45) is 0 Å². The number of nitrogens with zero attached hydrogens (tertiary/aromatic N) is 1. The highest BCUT2D eigenvalue weighted by Crippen LogP contribution is 2.32. The second-order valence-corrected chi connectivity index (χ2v) is 5.30. The van der Waals surface area contributed by atoms with E-state index < -0.39 is 0 Å². The van der Waals surface area contributed by atoms with Gasteiger partial charge in [-0.1, -0.05) is 12.1 Å². The van der Waals surface area contributed by atoms with Gasteiger partial charge in [-0.25, -0.2) is 0 Å². The van der Waals surface area contributed by atoms with Gasteiger partial charge >= 0.3 is 0 Å². The van der Waals surface area contributed by atoms with Crippen LogP contribution in [0.5, 0.6) is 5.75 Å². The number of ether oxygens (including phenoxy) is 1. The van der Waals surface area contributed by atoms with E-state index in [1.165, 1.54) is 11.0 Å². The molecule has 104 valence electrons. The lowest BCUT2D eigenvalue weighted by Crippen LogP contribution is -2.27. The van der Waals surface area contributed by atoms with Crippen LogP contribution in [0.4, 0.5) is 4.79 Å². The Kier molecular flexibility index (Phi) is 4.29. The smallest absolute Gasteiger partial charge is 0.293 e. The third-order valence-electron chi connectivity index (χ3n) is 2.95. The molecule has 1 fully saturated rings. The zero-order valence-corrected chi connectivity index (χ0v) is 12.2. The second kappa shape index (κ2) is 5.96. The van der Waals surface area contributed by atoms with Crippen LogP contribution in [0.15, 0.2) is 35.8 Å². The number of rotatable bonds is 4. The summed E-state index contributed by atoms with van der Waals surface area (Å²) >= 11 is 0.955. The number of carbonyl (C=O) groups is 2. The first-order chi connectivity index (χ1) is 9.56. The Morgan fingerprint density at radius 1 is 1.40 bits per heavy atom. The van der Waals surface area contributed by atoms with Crippen LogP contribution in [0.1, 0.15) is 11.1 Å². The van der Waals surface area contributed by atoms with Gasteiger partial charge in [0.25, 0.3) is 11.1 Å². The summed E-state index contributed by atoms with van der Waals surface area (Å²) in [6, 6.07) is 5.59. The molecule has 4 nitrogen and oxygen atoms in total. The topological polar surface area (TPSA) is 46.6 Å². The highest BCUT2D eigenvalue weighted by Gasteiger charge is 2.34. The minimum atomic E-state index is -0.268. The molecule has 2 rings (SSSR count). The standard InChI is InChI=1S/C15H15NO3S/c1-4-7-16-14(17)13(20-15(16)18)9-11-5-6-12(19-3)8-10(11)2/h4-6,8-9H,1,7H2,2-3H3/b13-9+. The van der Waals surface area contributed by atoms with Gasteiger partial charge in [0.1, 0.15) is 5.75 Å². The van der Waals surface area contributed by atoms with Crippen molar-refractivity contribution in [2.75, 3.05) is 13.7 Å². The number of imide groups is 1. The first-order valence-electron chi connectivity index (χ1n) is 6.07. The molecule has 1 saturated heterocycles. The zero-order valence-electron chi connectivity index (χ0n) is 11.4. The van der Waals surface area contributed by atoms with E-state index in [2.05, 4.69) is 6.58 Å². The minimum Gasteiger partial charge on any atom is -0.497 e. The summed E-state index contributed by atoms with van der Waals surface area (Å²) in [5, 5.41) is -0.257. The molecule has 0 bridgehead atoms. The van der Waals surface area contributed by atoms with E-state index in [0.29, 0.717) is 4.91 Å². The molecule has 0 aliphatic carbocycles. The van der Waals surface area contributed by atoms with Crippen molar-refractivity contribution in [1.29, 1.82) is 0 Å². The number of methoxy groups -OCH3 is 1. The van der Waals surface area contributed by atoms with E-state index in [-0.39, 0.29) is 17.7 Å². The fourth-order valence-electron chi connectivity index (χ4n) is 1.86. The van der Waals surface area contributed by atoms with E-state index in [9.17, 15) is 9.59 Å². The largest absolute Gasteiger partial charge is 0.497 e. The Labute approximate surface area is 122 Å². The summed E-state index contributed by atoms with van der Waals surface area (Å²) in [5.74, 6) is 0.495. The van der Waals surface area contributed by atoms with Crippen LogP contribution in [-0.2, 0) is 4.79 Å². The molecule has 0 N–H and O–H groups in total. The number of hydrogen-bond donors (Lipinski definition) is 0. The predicted octanol–water partition coefficient (Wildman–Crippen LogP) is 3.23. The lowest BCUT2D eigenvalue weighted by Gasteiger charge is -2.08. The maximum atomic E-state index is 12.1. The normalized spacial score (nSPS) is 16.9. The summed E-state index contributed by atoms with van der Waals surface area (Å²) in [5.41, 5.74) is 1.88. The van der Waals surface area contributed by atoms with Gasteiger partial charge in [-0.15, -0.1) is 6.58 Å². The molecule has 0 unspecified atom stereocenters. The third kappa shape index (κ3) is 2.77. The van der Waals surface area contributed by atoms with E-state index in [4.69, 9.17) is 4.74 Å². The number of benzene rings is 1. The van der Waals surface area contributed by atoms with Crippen LogP contribution in [0.3, 0.4) is 0 Å². The molecule has 0 spiro atoms. The summed E-state index contributed by atoms with van der Waals surface area (Å²) in [4.78, 5) is 25.4. The van der Waals surface area contributed by atoms with Crippen molar-refractivity contribution in [2.45, 2.75) is 6.92 Å². The Balaban J connectivity index is 2.30. The van der Waals surface area contributed by atoms with Crippen LogP contribution in [0, 0.1) is 6.92 Å². The van der Waals surface area contributed by atoms with Crippen LogP contribution in [0.2, 0.25) is 0 Å². The highest BCUT2D eigenvalue weighted by molar-refractivity contribution is 8.18. The Morgan fingerprint density at radius 3 is 2.75 bits per heavy atom. The number of carbonyl (C=O) groups excluding carboxylic acids is 2. The van der Waals surface area contributed by atoms with Gasteiger partial charge < -0.3 is 4.74 Å². The molecule has 20 heavy (non-hydrogen) atoms. The average Bonchev–Trinajstić information content (AvgIpc) is 2.69. The van der Waals surface area contributed by atoms with Crippen LogP contribution < -0.4 is 4.74 Å². The fourth-order valence-corrected chi connectivity index (χ4v) is 2.70. The van der Waals surface area contributed by atoms with Gasteiger partial charge in [0.15, 0.2) is 0 Å². The molecule has 0 aromatic heterocycles. The van der Waals surface area contributed by atoms with Crippen LogP contribution >= 0.6 is 11.8 Å². The maximum Gasteiger partial charge on any atom is 0.293 e. The first kappa shape index (κ1) is 14.4. The Morgan fingerprint density at radius 2 is 2.15 bits per heavy atom. The molecular formula is C15H15NO3S. The van der Waals surface area contributed by atoms with E-state index in [0.717, 1.165) is 28.6 Å². The molecule has 0 radical (unpaired) electrons. The highest BCUT2D eigenvalue weighted by atomic mass is 32.2. The van der Waals surface area contributed by atoms with Crippen molar-refractivity contribution in [3.8, 4) is 5.75 Å². The quantitative estimate of drug-likeness (QED) is 0.630. The van der Waals surface area contributed by atoms with Gasteiger partial charge in [0.2, 0.25) is 0 Å². The lowest BCUT2D eigenvalue weighted by atomic mass is 10.1. The van der Waals surface area contributed by atoms with Crippen LogP contribution in [0.25, 0.3) is 6.08 Å². The monoisotopic (exact) mass is 289 g/mol. The van der Waals surface area contributed by atoms with Crippen molar-refractivity contribution < 1.29 is 14.3 Å². The Bertz CT molecular complexity index is 607. The summed E-state index contributed by atoms with van der Waals surface area (Å²) in [7, 11) is 1.61. The van der Waals surface area contributed by atoms with Crippen molar-refractivity contribution in [3.05, 3.63) is 46.9 Å². The number of aryl methyl sites for hydroxylation is 1. The third-order valence-corrected chi connectivity index (χ3v) is 3.86. The summed E-state index contributed by atoms with van der Waals surface area (Å²) in [6.45, 7) is 5.72. The fraction of sp³-hybridized carbons (Fsp3) is 0.200. The van der Waals surface area contributed by atoms with E-state index in [1.54, 1.807) is 13.2 Å². The zero-order chi connectivity index (χ0) is 14.7. The molecule has 0 atom stereocenters. The maximum absolute atomic E-state index is 12.1. The summed E-state index contributed by atoms with van der Waals surface area (Å²) in [6.07, 6.45) is 3.28. The van der Waals surface area contributed by atoms with Gasteiger partial charge in [0, 0.05) is 6.54 Å². The van der Waals surface area contributed by atoms with Gasteiger partial charge in [0.05, 0.1) is 12.0 Å². The second-order valence-electron chi connectivity index (χ2n) is 4.30. The van der Waals surface area contributed by atoms with Gasteiger partial charge in [-0.2, -0.15) is 0 Å². The van der Waals surface area contributed by atoms with Gasteiger partial charge in [-0.05, 0) is 48.0 Å². The SMILES string of the molecule is C=CCN1C(=O)S/C(=C/c2ccc(OC)cc2C)C1=O. The number of amides is 2. The molecule has 0 saturated carbocycles. The molecule has 1 aromatic rings. The molecule has 1 aromatic carbocycles. The van der Waals surface area contributed by atoms with Crippen molar-refractivity contribution >= 4 is 29.0 Å². The summed E-state index contributed by atoms with van der Waals surface area (Å²) < 4.78 is 5.14. The van der Waals surface area contributed by atoms with Crippen LogP contribution in [-0.4, -0.2) is 29.7 Å². The van der Waals surface area contributed by atoms with Crippen molar-refractivity contribution in [3.63, 3.8) is 0 Å².